The fourth-order valence-corrected chi connectivity index (χ4v) is 3.94. The van der Waals surface area contributed by atoms with Gasteiger partial charge in [0, 0.05) is 37.2 Å². The van der Waals surface area contributed by atoms with Gasteiger partial charge >= 0.3 is 0 Å². The number of aromatic hydroxyl groups is 1. The van der Waals surface area contributed by atoms with Crippen LogP contribution in [-0.2, 0) is 16.1 Å². The number of benzene rings is 2. The van der Waals surface area contributed by atoms with Gasteiger partial charge in [-0.05, 0) is 35.4 Å². The molecule has 0 bridgehead atoms. The fourth-order valence-electron chi connectivity index (χ4n) is 3.94. The number of rotatable bonds is 4. The van der Waals surface area contributed by atoms with E-state index in [4.69, 9.17) is 9.57 Å². The van der Waals surface area contributed by atoms with Crippen LogP contribution in [-0.4, -0.2) is 52.0 Å². The predicted molar refractivity (Wildman–Crippen MR) is 126 cm³/mol. The molecule has 1 aromatic heterocycles. The summed E-state index contributed by atoms with van der Waals surface area (Å²) in [5.74, 6) is 5.97. The van der Waals surface area contributed by atoms with Crippen molar-refractivity contribution < 1.29 is 14.7 Å². The molecule has 3 heterocycles. The highest BCUT2D eigenvalue weighted by Crippen LogP contribution is 2.31. The molecule has 0 aliphatic carbocycles. The van der Waals surface area contributed by atoms with Crippen LogP contribution in [0.2, 0.25) is 0 Å². The molecule has 8 heteroatoms. The Balaban J connectivity index is 1.20. The van der Waals surface area contributed by atoms with Gasteiger partial charge in [-0.1, -0.05) is 41.3 Å². The first-order valence-electron chi connectivity index (χ1n) is 11.2. The molecule has 1 unspecified atom stereocenters. The van der Waals surface area contributed by atoms with E-state index in [9.17, 15) is 9.90 Å². The molecule has 1 fully saturated rings. The van der Waals surface area contributed by atoms with Crippen molar-refractivity contribution in [3.05, 3.63) is 93.2 Å². The van der Waals surface area contributed by atoms with Crippen LogP contribution in [0.4, 0.5) is 0 Å². The van der Waals surface area contributed by atoms with E-state index in [0.29, 0.717) is 6.42 Å². The Morgan fingerprint density at radius 1 is 1.03 bits per heavy atom. The van der Waals surface area contributed by atoms with Crippen molar-refractivity contribution in [2.24, 2.45) is 5.16 Å². The van der Waals surface area contributed by atoms with Crippen molar-refractivity contribution in [3.8, 4) is 17.6 Å². The first kappa shape index (κ1) is 21.9. The molecular weight excluding hydrogens is 432 g/mol. The van der Waals surface area contributed by atoms with E-state index in [-0.39, 0.29) is 5.69 Å². The number of hydrogen-bond acceptors (Lipinski definition) is 7. The maximum atomic E-state index is 11.6. The minimum absolute atomic E-state index is 0.181. The van der Waals surface area contributed by atoms with E-state index < -0.39 is 17.4 Å². The molecule has 0 radical (unpaired) electrons. The topological polar surface area (TPSA) is 100 Å². The second-order valence-electron chi connectivity index (χ2n) is 8.21. The van der Waals surface area contributed by atoms with Crippen molar-refractivity contribution in [1.82, 2.24) is 14.9 Å². The van der Waals surface area contributed by atoms with E-state index in [2.05, 4.69) is 56.1 Å². The van der Waals surface area contributed by atoms with Crippen LogP contribution in [0.15, 0.2) is 64.8 Å². The van der Waals surface area contributed by atoms with Crippen molar-refractivity contribution in [2.45, 2.75) is 19.1 Å². The summed E-state index contributed by atoms with van der Waals surface area (Å²) in [6, 6.07) is 16.1. The van der Waals surface area contributed by atoms with Crippen LogP contribution in [0.1, 0.15) is 40.5 Å². The molecule has 2 aromatic carbocycles. The minimum Gasteiger partial charge on any atom is -0.502 e. The van der Waals surface area contributed by atoms with Crippen molar-refractivity contribution in [3.63, 3.8) is 0 Å². The summed E-state index contributed by atoms with van der Waals surface area (Å²) in [6.45, 7) is 4.49. The van der Waals surface area contributed by atoms with Crippen LogP contribution in [0.5, 0.6) is 5.75 Å². The summed E-state index contributed by atoms with van der Waals surface area (Å²) in [7, 11) is 0. The molecule has 34 heavy (non-hydrogen) atoms. The first-order chi connectivity index (χ1) is 16.7. The SMILES string of the molecule is O=c1[nH]cnc(C2CC(c3ccc(C#Cc4ccc(CN5CCOCC5)cc4)cc3)=NO2)c1O. The van der Waals surface area contributed by atoms with Gasteiger partial charge in [0.1, 0.15) is 5.69 Å². The summed E-state index contributed by atoms with van der Waals surface area (Å²) < 4.78 is 5.40. The number of hydrogen-bond donors (Lipinski definition) is 2. The van der Waals surface area contributed by atoms with Gasteiger partial charge in [0.15, 0.2) is 6.10 Å². The predicted octanol–water partition coefficient (Wildman–Crippen LogP) is 2.57. The average Bonchev–Trinajstić information content (AvgIpc) is 3.36. The van der Waals surface area contributed by atoms with E-state index in [1.807, 2.05) is 24.3 Å². The summed E-state index contributed by atoms with van der Waals surface area (Å²) in [5, 5.41) is 14.0. The molecule has 1 saturated heterocycles. The van der Waals surface area contributed by atoms with Crippen molar-refractivity contribution in [1.29, 1.82) is 0 Å². The van der Waals surface area contributed by atoms with Crippen LogP contribution in [0, 0.1) is 11.8 Å². The van der Waals surface area contributed by atoms with E-state index in [1.165, 1.54) is 11.9 Å². The van der Waals surface area contributed by atoms with E-state index in [1.54, 1.807) is 0 Å². The van der Waals surface area contributed by atoms with Gasteiger partial charge in [0.05, 0.1) is 25.3 Å². The third-order valence-electron chi connectivity index (χ3n) is 5.86. The minimum atomic E-state index is -0.600. The van der Waals surface area contributed by atoms with Crippen LogP contribution >= 0.6 is 0 Å². The van der Waals surface area contributed by atoms with Crippen LogP contribution in [0.25, 0.3) is 0 Å². The molecule has 1 atom stereocenters. The summed E-state index contributed by atoms with van der Waals surface area (Å²) in [5.41, 5.74) is 4.34. The number of morpholine rings is 1. The number of nitrogens with zero attached hydrogens (tertiary/aromatic N) is 3. The second-order valence-corrected chi connectivity index (χ2v) is 8.21. The average molecular weight is 457 g/mol. The zero-order valence-electron chi connectivity index (χ0n) is 18.5. The number of nitrogens with one attached hydrogen (secondary N) is 1. The Bertz CT molecular complexity index is 1300. The van der Waals surface area contributed by atoms with E-state index >= 15 is 0 Å². The lowest BCUT2D eigenvalue weighted by molar-refractivity contribution is 0.0342. The number of aromatic nitrogens is 2. The van der Waals surface area contributed by atoms with Crippen molar-refractivity contribution >= 4 is 5.71 Å². The molecule has 0 saturated carbocycles. The number of ether oxygens (including phenoxy) is 1. The highest BCUT2D eigenvalue weighted by molar-refractivity contribution is 6.01. The number of H-pyrrole nitrogens is 1. The van der Waals surface area contributed by atoms with Crippen LogP contribution in [0.3, 0.4) is 0 Å². The van der Waals surface area contributed by atoms with Gasteiger partial charge in [0.25, 0.3) is 5.56 Å². The van der Waals surface area contributed by atoms with Gasteiger partial charge in [0.2, 0.25) is 5.75 Å². The second kappa shape index (κ2) is 9.91. The molecular formula is C26H24N4O4. The lowest BCUT2D eigenvalue weighted by Gasteiger charge is -2.26. The zero-order chi connectivity index (χ0) is 23.3. The lowest BCUT2D eigenvalue weighted by Crippen LogP contribution is -2.35. The van der Waals surface area contributed by atoms with E-state index in [0.717, 1.165) is 55.3 Å². The third kappa shape index (κ3) is 5.01. The number of aromatic amines is 1. The summed E-state index contributed by atoms with van der Waals surface area (Å²) in [4.78, 5) is 25.7. The van der Waals surface area contributed by atoms with Gasteiger partial charge in [-0.15, -0.1) is 0 Å². The molecule has 2 N–H and O–H groups in total. The Morgan fingerprint density at radius 3 is 2.41 bits per heavy atom. The standard InChI is InChI=1S/C26H24N4O4/c31-25-24(27-17-28-26(25)32)23-15-22(29-34-23)21-9-7-19(8-10-21)2-1-18-3-5-20(6-4-18)16-30-11-13-33-14-12-30/h3-10,17,23,31H,11-16H2,(H,27,28,32). The van der Waals surface area contributed by atoms with Gasteiger partial charge in [-0.2, -0.15) is 0 Å². The number of oxime groups is 1. The maximum Gasteiger partial charge on any atom is 0.293 e. The molecule has 3 aromatic rings. The highest BCUT2D eigenvalue weighted by atomic mass is 16.6. The maximum absolute atomic E-state index is 11.6. The highest BCUT2D eigenvalue weighted by Gasteiger charge is 2.28. The normalized spacial score (nSPS) is 18.0. The Hall–Kier alpha value is -3.93. The fraction of sp³-hybridized carbons (Fsp3) is 0.269. The first-order valence-corrected chi connectivity index (χ1v) is 11.2. The van der Waals surface area contributed by atoms with Crippen LogP contribution < -0.4 is 5.56 Å². The smallest absolute Gasteiger partial charge is 0.293 e. The van der Waals surface area contributed by atoms with Crippen molar-refractivity contribution in [2.75, 3.05) is 26.3 Å². The van der Waals surface area contributed by atoms with Gasteiger partial charge in [-0.3, -0.25) is 9.69 Å². The monoisotopic (exact) mass is 456 g/mol. The molecule has 0 spiro atoms. The zero-order valence-corrected chi connectivity index (χ0v) is 18.5. The molecule has 5 rings (SSSR count). The van der Waals surface area contributed by atoms with Gasteiger partial charge < -0.3 is 19.7 Å². The molecule has 0 amide bonds. The molecule has 2 aliphatic rings. The Morgan fingerprint density at radius 2 is 1.71 bits per heavy atom. The summed E-state index contributed by atoms with van der Waals surface area (Å²) in [6.07, 6.45) is 1.05. The third-order valence-corrected chi connectivity index (χ3v) is 5.86. The Labute approximate surface area is 196 Å². The molecule has 2 aliphatic heterocycles. The largest absolute Gasteiger partial charge is 0.502 e. The lowest BCUT2D eigenvalue weighted by atomic mass is 10.0. The molecule has 8 nitrogen and oxygen atoms in total. The summed E-state index contributed by atoms with van der Waals surface area (Å²) >= 11 is 0. The quantitative estimate of drug-likeness (QED) is 0.586. The molecule has 172 valence electrons. The Kier molecular flexibility index (Phi) is 6.38. The van der Waals surface area contributed by atoms with Gasteiger partial charge in [-0.25, -0.2) is 4.98 Å².